The quantitative estimate of drug-likeness (QED) is 0.568. The Kier molecular flexibility index (Phi) is 6.38. The number of amides is 1. The second-order valence-corrected chi connectivity index (χ2v) is 8.53. The van der Waals surface area contributed by atoms with Crippen molar-refractivity contribution in [3.63, 3.8) is 0 Å². The zero-order valence-corrected chi connectivity index (χ0v) is 16.8. The maximum Gasteiger partial charge on any atom is 0.222 e. The van der Waals surface area contributed by atoms with Crippen LogP contribution >= 0.6 is 0 Å². The van der Waals surface area contributed by atoms with Gasteiger partial charge in [-0.2, -0.15) is 0 Å². The topological polar surface area (TPSA) is 60.8 Å². The fourth-order valence-corrected chi connectivity index (χ4v) is 4.94. The first kappa shape index (κ1) is 20.1. The second-order valence-electron chi connectivity index (χ2n) is 8.53. The Hall–Kier alpha value is -1.65. The zero-order valence-electron chi connectivity index (χ0n) is 16.8. The van der Waals surface area contributed by atoms with E-state index in [9.17, 15) is 15.0 Å². The van der Waals surface area contributed by atoms with E-state index in [2.05, 4.69) is 6.08 Å². The minimum absolute atomic E-state index is 0.0971. The van der Waals surface area contributed by atoms with Crippen LogP contribution in [0, 0.1) is 24.7 Å². The highest BCUT2D eigenvalue weighted by atomic mass is 16.3. The molecule has 4 heteroatoms. The lowest BCUT2D eigenvalue weighted by Gasteiger charge is -2.28. The van der Waals surface area contributed by atoms with Crippen LogP contribution in [-0.2, 0) is 4.79 Å². The number of hydrogen-bond donors (Lipinski definition) is 2. The monoisotopic (exact) mass is 371 g/mol. The molecule has 0 aliphatic heterocycles. The van der Waals surface area contributed by atoms with Gasteiger partial charge in [0.2, 0.25) is 5.91 Å². The Bertz CT molecular complexity index is 697. The molecule has 1 amide bonds. The number of rotatable bonds is 7. The number of nitrogens with zero attached hydrogens (tertiary/aromatic N) is 1. The molecule has 2 aliphatic carbocycles. The summed E-state index contributed by atoms with van der Waals surface area (Å²) in [7, 11) is 3.60. The van der Waals surface area contributed by atoms with Crippen molar-refractivity contribution in [3.05, 3.63) is 47.0 Å². The molecule has 1 fully saturated rings. The van der Waals surface area contributed by atoms with Gasteiger partial charge in [-0.15, -0.1) is 0 Å². The van der Waals surface area contributed by atoms with E-state index >= 15 is 0 Å². The third kappa shape index (κ3) is 4.44. The number of aliphatic hydroxyl groups is 2. The van der Waals surface area contributed by atoms with Gasteiger partial charge in [0.15, 0.2) is 0 Å². The third-order valence-corrected chi connectivity index (χ3v) is 6.46. The van der Waals surface area contributed by atoms with Crippen LogP contribution in [0.1, 0.15) is 55.8 Å². The van der Waals surface area contributed by atoms with Crippen LogP contribution in [0.3, 0.4) is 0 Å². The minimum Gasteiger partial charge on any atom is -0.393 e. The van der Waals surface area contributed by atoms with Gasteiger partial charge in [-0.25, -0.2) is 0 Å². The highest BCUT2D eigenvalue weighted by Gasteiger charge is 2.47. The molecule has 1 saturated carbocycles. The summed E-state index contributed by atoms with van der Waals surface area (Å²) in [6, 6.07) is 7.93. The van der Waals surface area contributed by atoms with E-state index in [0.29, 0.717) is 18.3 Å². The number of carbonyl (C=O) groups excluding carboxylic acids is 1. The predicted octanol–water partition coefficient (Wildman–Crippen LogP) is 3.62. The standard InChI is InChI=1S/C23H33NO3/c1-15-8-4-6-10-18(15)23(27)22-19-13-16(12-17(19)14-20(22)25)9-5-7-11-21(26)24(2)3/h4,6,8,10,12,17,19-20,22-23,25,27H,5,7,9,11,13-14H2,1-3H3/t17-,19-,20+,22+,23+/m0/s1. The number of aryl methyl sites for hydroxylation is 1. The van der Waals surface area contributed by atoms with Gasteiger partial charge in [-0.05, 0) is 62.0 Å². The summed E-state index contributed by atoms with van der Waals surface area (Å²) in [5.41, 5.74) is 3.46. The van der Waals surface area contributed by atoms with E-state index in [4.69, 9.17) is 0 Å². The average Bonchev–Trinajstić information content (AvgIpc) is 3.14. The average molecular weight is 372 g/mol. The van der Waals surface area contributed by atoms with Crippen molar-refractivity contribution in [2.75, 3.05) is 14.1 Å². The molecule has 0 heterocycles. The van der Waals surface area contributed by atoms with Crippen LogP contribution in [0.5, 0.6) is 0 Å². The number of carbonyl (C=O) groups is 1. The van der Waals surface area contributed by atoms with Crippen molar-refractivity contribution >= 4 is 5.91 Å². The van der Waals surface area contributed by atoms with E-state index < -0.39 is 12.2 Å². The smallest absolute Gasteiger partial charge is 0.222 e. The molecule has 1 aromatic rings. The third-order valence-electron chi connectivity index (χ3n) is 6.46. The molecule has 27 heavy (non-hydrogen) atoms. The first-order chi connectivity index (χ1) is 12.9. The Morgan fingerprint density at radius 1 is 1.26 bits per heavy atom. The maximum atomic E-state index is 11.7. The summed E-state index contributed by atoms with van der Waals surface area (Å²) in [6.45, 7) is 2.02. The van der Waals surface area contributed by atoms with E-state index in [1.807, 2.05) is 31.2 Å². The molecule has 0 unspecified atom stereocenters. The van der Waals surface area contributed by atoms with Crippen molar-refractivity contribution < 1.29 is 15.0 Å². The first-order valence-electron chi connectivity index (χ1n) is 10.2. The fraction of sp³-hybridized carbons (Fsp3) is 0.609. The van der Waals surface area contributed by atoms with Gasteiger partial charge in [-0.3, -0.25) is 4.79 Å². The van der Waals surface area contributed by atoms with Crippen LogP contribution in [0.25, 0.3) is 0 Å². The zero-order chi connectivity index (χ0) is 19.6. The lowest BCUT2D eigenvalue weighted by atomic mass is 9.81. The molecule has 148 valence electrons. The van der Waals surface area contributed by atoms with Crippen LogP contribution in [0.15, 0.2) is 35.9 Å². The summed E-state index contributed by atoms with van der Waals surface area (Å²) in [5.74, 6) is 0.798. The molecule has 0 radical (unpaired) electrons. The molecular weight excluding hydrogens is 338 g/mol. The Labute approximate surface area is 162 Å². The van der Waals surface area contributed by atoms with Gasteiger partial charge in [0.25, 0.3) is 0 Å². The molecule has 0 saturated heterocycles. The summed E-state index contributed by atoms with van der Waals surface area (Å²) < 4.78 is 0. The molecule has 4 nitrogen and oxygen atoms in total. The number of allylic oxidation sites excluding steroid dienone is 2. The van der Waals surface area contributed by atoms with Crippen molar-refractivity contribution in [2.24, 2.45) is 17.8 Å². The largest absolute Gasteiger partial charge is 0.393 e. The van der Waals surface area contributed by atoms with E-state index in [-0.39, 0.29) is 11.8 Å². The molecule has 3 rings (SSSR count). The highest BCUT2D eigenvalue weighted by molar-refractivity contribution is 5.75. The maximum absolute atomic E-state index is 11.7. The summed E-state index contributed by atoms with van der Waals surface area (Å²) in [6.07, 6.45) is 6.59. The van der Waals surface area contributed by atoms with Gasteiger partial charge in [0.1, 0.15) is 0 Å². The summed E-state index contributed by atoms with van der Waals surface area (Å²) in [5, 5.41) is 21.6. The molecule has 0 bridgehead atoms. The second kappa shape index (κ2) is 8.57. The summed E-state index contributed by atoms with van der Waals surface area (Å²) in [4.78, 5) is 13.3. The molecule has 2 N–H and O–H groups in total. The van der Waals surface area contributed by atoms with Crippen molar-refractivity contribution in [1.82, 2.24) is 4.90 Å². The minimum atomic E-state index is -0.610. The van der Waals surface area contributed by atoms with Crippen molar-refractivity contribution in [1.29, 1.82) is 0 Å². The van der Waals surface area contributed by atoms with Crippen molar-refractivity contribution in [2.45, 2.75) is 57.7 Å². The Morgan fingerprint density at radius 2 is 2.00 bits per heavy atom. The van der Waals surface area contributed by atoms with Gasteiger partial charge in [0, 0.05) is 26.4 Å². The molecule has 0 aromatic heterocycles. The Morgan fingerprint density at radius 3 is 2.70 bits per heavy atom. The van der Waals surface area contributed by atoms with Crippen LogP contribution in [0.2, 0.25) is 0 Å². The number of benzene rings is 1. The molecule has 2 aliphatic rings. The molecule has 0 spiro atoms. The number of aliphatic hydroxyl groups excluding tert-OH is 2. The van der Waals surface area contributed by atoms with Crippen LogP contribution in [-0.4, -0.2) is 41.2 Å². The van der Waals surface area contributed by atoms with E-state index in [1.165, 1.54) is 5.57 Å². The Balaban J connectivity index is 1.57. The molecular formula is C23H33NO3. The van der Waals surface area contributed by atoms with Crippen LogP contribution < -0.4 is 0 Å². The van der Waals surface area contributed by atoms with Gasteiger partial charge >= 0.3 is 0 Å². The normalized spacial score (nSPS) is 28.0. The van der Waals surface area contributed by atoms with E-state index in [0.717, 1.165) is 43.2 Å². The number of hydrogen-bond acceptors (Lipinski definition) is 3. The number of unbranched alkanes of at least 4 members (excludes halogenated alkanes) is 1. The van der Waals surface area contributed by atoms with Gasteiger partial charge in [-0.1, -0.05) is 35.9 Å². The summed E-state index contributed by atoms with van der Waals surface area (Å²) >= 11 is 0. The van der Waals surface area contributed by atoms with Gasteiger partial charge < -0.3 is 15.1 Å². The molecule has 1 aromatic carbocycles. The van der Waals surface area contributed by atoms with Gasteiger partial charge in [0.05, 0.1) is 12.2 Å². The number of fused-ring (bicyclic) bond motifs is 1. The first-order valence-corrected chi connectivity index (χ1v) is 10.2. The SMILES string of the molecule is Cc1ccccc1[C@@H](O)[C@@H]1[C@H]2CC(CCCCC(=O)N(C)C)=C[C@H]2C[C@H]1O. The van der Waals surface area contributed by atoms with E-state index in [1.54, 1.807) is 19.0 Å². The fourth-order valence-electron chi connectivity index (χ4n) is 4.94. The van der Waals surface area contributed by atoms with Crippen molar-refractivity contribution in [3.8, 4) is 0 Å². The lowest BCUT2D eigenvalue weighted by molar-refractivity contribution is -0.128. The lowest BCUT2D eigenvalue weighted by Crippen LogP contribution is -2.27. The molecule has 5 atom stereocenters. The highest BCUT2D eigenvalue weighted by Crippen LogP contribution is 2.51. The van der Waals surface area contributed by atoms with Crippen LogP contribution in [0.4, 0.5) is 0 Å². The predicted molar refractivity (Wildman–Crippen MR) is 107 cm³/mol.